The average Bonchev–Trinajstić information content (AvgIpc) is 3.20. The van der Waals surface area contributed by atoms with Crippen molar-refractivity contribution in [3.05, 3.63) is 90.0 Å². The molecule has 0 aliphatic carbocycles. The molecule has 1 fully saturated rings. The molecule has 1 aliphatic heterocycles. The highest BCUT2D eigenvalue weighted by Crippen LogP contribution is 2.24. The summed E-state index contributed by atoms with van der Waals surface area (Å²) in [6.45, 7) is 0.715. The molecule has 1 saturated heterocycles. The molecular formula is C24H22N2O2S. The summed E-state index contributed by atoms with van der Waals surface area (Å²) in [7, 11) is 0. The van der Waals surface area contributed by atoms with Crippen LogP contribution < -0.4 is 10.2 Å². The Labute approximate surface area is 174 Å². The van der Waals surface area contributed by atoms with E-state index in [4.69, 9.17) is 0 Å². The van der Waals surface area contributed by atoms with E-state index in [2.05, 4.69) is 17.4 Å². The van der Waals surface area contributed by atoms with E-state index in [9.17, 15) is 9.59 Å². The first kappa shape index (κ1) is 19.3. The summed E-state index contributed by atoms with van der Waals surface area (Å²) in [5, 5.41) is 2.94. The maximum Gasteiger partial charge on any atom is 0.255 e. The molecule has 0 bridgehead atoms. The molecule has 2 amide bonds. The summed E-state index contributed by atoms with van der Waals surface area (Å²) in [4.78, 5) is 27.6. The maximum atomic E-state index is 12.6. The lowest BCUT2D eigenvalue weighted by Gasteiger charge is -2.16. The Morgan fingerprint density at radius 1 is 0.966 bits per heavy atom. The fourth-order valence-corrected chi connectivity index (χ4v) is 4.18. The highest BCUT2D eigenvalue weighted by atomic mass is 32.2. The van der Waals surface area contributed by atoms with E-state index in [1.54, 1.807) is 28.8 Å². The second kappa shape index (κ2) is 8.97. The van der Waals surface area contributed by atoms with Crippen LogP contribution >= 0.6 is 11.8 Å². The fourth-order valence-electron chi connectivity index (χ4n) is 3.31. The predicted octanol–water partition coefficient (Wildman–Crippen LogP) is 5.36. The van der Waals surface area contributed by atoms with Crippen LogP contribution in [-0.2, 0) is 10.5 Å². The predicted molar refractivity (Wildman–Crippen MR) is 118 cm³/mol. The summed E-state index contributed by atoms with van der Waals surface area (Å²) in [5.74, 6) is 0.820. The van der Waals surface area contributed by atoms with Crippen molar-refractivity contribution in [2.45, 2.75) is 23.5 Å². The third-order valence-corrected chi connectivity index (χ3v) is 5.94. The number of rotatable bonds is 6. The molecule has 1 heterocycles. The number of benzene rings is 3. The standard InChI is InChI=1S/C24H22N2O2S/c27-23-10-5-15-26(23)21-7-4-6-19(16-21)24(28)25-20-13-11-18(12-14-20)17-29-22-8-2-1-3-9-22/h1-4,6-9,11-14,16H,5,10,15,17H2,(H,25,28). The molecule has 0 atom stereocenters. The van der Waals surface area contributed by atoms with Crippen LogP contribution in [0.4, 0.5) is 11.4 Å². The third-order valence-electron chi connectivity index (χ3n) is 4.85. The average molecular weight is 403 g/mol. The topological polar surface area (TPSA) is 49.4 Å². The van der Waals surface area contributed by atoms with Crippen LogP contribution in [0.25, 0.3) is 0 Å². The van der Waals surface area contributed by atoms with Crippen LogP contribution in [0.15, 0.2) is 83.8 Å². The first-order chi connectivity index (χ1) is 14.2. The molecule has 3 aromatic carbocycles. The number of hydrogen-bond acceptors (Lipinski definition) is 3. The molecule has 146 valence electrons. The van der Waals surface area contributed by atoms with Crippen molar-refractivity contribution in [3.63, 3.8) is 0 Å². The molecule has 1 N–H and O–H groups in total. The molecule has 0 aromatic heterocycles. The van der Waals surface area contributed by atoms with E-state index in [0.29, 0.717) is 18.5 Å². The van der Waals surface area contributed by atoms with E-state index in [1.165, 1.54) is 10.5 Å². The van der Waals surface area contributed by atoms with E-state index < -0.39 is 0 Å². The van der Waals surface area contributed by atoms with Gasteiger partial charge in [-0.3, -0.25) is 9.59 Å². The summed E-state index contributed by atoms with van der Waals surface area (Å²) in [6.07, 6.45) is 1.44. The minimum Gasteiger partial charge on any atom is -0.322 e. The Morgan fingerprint density at radius 3 is 2.48 bits per heavy atom. The molecule has 0 unspecified atom stereocenters. The largest absolute Gasteiger partial charge is 0.322 e. The number of carbonyl (C=O) groups is 2. The molecule has 29 heavy (non-hydrogen) atoms. The molecule has 5 heteroatoms. The lowest BCUT2D eigenvalue weighted by Crippen LogP contribution is -2.24. The first-order valence-electron chi connectivity index (χ1n) is 9.68. The van der Waals surface area contributed by atoms with E-state index in [1.807, 2.05) is 54.6 Å². The fraction of sp³-hybridized carbons (Fsp3) is 0.167. The highest BCUT2D eigenvalue weighted by Gasteiger charge is 2.22. The van der Waals surface area contributed by atoms with Crippen molar-refractivity contribution in [1.82, 2.24) is 0 Å². The Morgan fingerprint density at radius 2 is 1.76 bits per heavy atom. The summed E-state index contributed by atoms with van der Waals surface area (Å²) >= 11 is 1.78. The van der Waals surface area contributed by atoms with Gasteiger partial charge in [-0.2, -0.15) is 0 Å². The molecule has 0 radical (unpaired) electrons. The number of nitrogens with zero attached hydrogens (tertiary/aromatic N) is 1. The minimum atomic E-state index is -0.176. The second-order valence-corrected chi connectivity index (χ2v) is 8.00. The molecule has 4 nitrogen and oxygen atoms in total. The van der Waals surface area contributed by atoms with Gasteiger partial charge in [0.2, 0.25) is 5.91 Å². The van der Waals surface area contributed by atoms with Crippen LogP contribution in [0.2, 0.25) is 0 Å². The van der Waals surface area contributed by atoms with Crippen molar-refractivity contribution in [2.75, 3.05) is 16.8 Å². The zero-order valence-electron chi connectivity index (χ0n) is 16.0. The molecular weight excluding hydrogens is 380 g/mol. The SMILES string of the molecule is O=C(Nc1ccc(CSc2ccccc2)cc1)c1cccc(N2CCCC2=O)c1. The van der Waals surface area contributed by atoms with Gasteiger partial charge >= 0.3 is 0 Å². The number of nitrogens with one attached hydrogen (secondary N) is 1. The smallest absolute Gasteiger partial charge is 0.255 e. The van der Waals surface area contributed by atoms with Gasteiger partial charge < -0.3 is 10.2 Å². The normalized spacial score (nSPS) is 13.5. The zero-order chi connectivity index (χ0) is 20.1. The highest BCUT2D eigenvalue weighted by molar-refractivity contribution is 7.98. The Kier molecular flexibility index (Phi) is 5.96. The van der Waals surface area contributed by atoms with Crippen molar-refractivity contribution in [3.8, 4) is 0 Å². The van der Waals surface area contributed by atoms with Crippen molar-refractivity contribution in [2.24, 2.45) is 0 Å². The molecule has 0 saturated carbocycles. The maximum absolute atomic E-state index is 12.6. The van der Waals surface area contributed by atoms with Gasteiger partial charge in [0.1, 0.15) is 0 Å². The minimum absolute atomic E-state index is 0.117. The Bertz CT molecular complexity index is 1000. The van der Waals surface area contributed by atoms with Crippen molar-refractivity contribution < 1.29 is 9.59 Å². The van der Waals surface area contributed by atoms with Gasteiger partial charge in [0.15, 0.2) is 0 Å². The van der Waals surface area contributed by atoms with Crippen LogP contribution in [-0.4, -0.2) is 18.4 Å². The quantitative estimate of drug-likeness (QED) is 0.565. The monoisotopic (exact) mass is 402 g/mol. The number of amides is 2. The van der Waals surface area contributed by atoms with Crippen LogP contribution in [0.1, 0.15) is 28.8 Å². The van der Waals surface area contributed by atoms with Crippen LogP contribution in [0.3, 0.4) is 0 Å². The van der Waals surface area contributed by atoms with Gasteiger partial charge in [0.05, 0.1) is 0 Å². The zero-order valence-corrected chi connectivity index (χ0v) is 16.8. The first-order valence-corrected chi connectivity index (χ1v) is 10.7. The number of carbonyl (C=O) groups excluding carboxylic acids is 2. The Balaban J connectivity index is 1.38. The lowest BCUT2D eigenvalue weighted by molar-refractivity contribution is -0.117. The summed E-state index contributed by atoms with van der Waals surface area (Å²) < 4.78 is 0. The van der Waals surface area contributed by atoms with Crippen molar-refractivity contribution >= 4 is 35.0 Å². The lowest BCUT2D eigenvalue weighted by atomic mass is 10.1. The Hall–Kier alpha value is -3.05. The van der Waals surface area contributed by atoms with Crippen LogP contribution in [0.5, 0.6) is 0 Å². The third kappa shape index (κ3) is 4.87. The summed E-state index contributed by atoms with van der Waals surface area (Å²) in [6, 6.07) is 25.4. The number of thioether (sulfide) groups is 1. The number of hydrogen-bond donors (Lipinski definition) is 1. The molecule has 1 aliphatic rings. The van der Waals surface area contributed by atoms with E-state index in [0.717, 1.165) is 23.5 Å². The molecule has 4 rings (SSSR count). The van der Waals surface area contributed by atoms with Gasteiger partial charge in [-0.1, -0.05) is 36.4 Å². The van der Waals surface area contributed by atoms with Crippen molar-refractivity contribution in [1.29, 1.82) is 0 Å². The van der Waals surface area contributed by atoms with Gasteiger partial charge in [-0.05, 0) is 54.4 Å². The van der Waals surface area contributed by atoms with Crippen LogP contribution in [0, 0.1) is 0 Å². The van der Waals surface area contributed by atoms with Gasteiger partial charge in [0, 0.05) is 40.6 Å². The summed E-state index contributed by atoms with van der Waals surface area (Å²) in [5.41, 5.74) is 3.29. The van der Waals surface area contributed by atoms with E-state index in [-0.39, 0.29) is 11.8 Å². The number of anilines is 2. The second-order valence-electron chi connectivity index (χ2n) is 6.95. The molecule has 3 aromatic rings. The van der Waals surface area contributed by atoms with Gasteiger partial charge in [-0.15, -0.1) is 11.8 Å². The van der Waals surface area contributed by atoms with Gasteiger partial charge in [0.25, 0.3) is 5.91 Å². The van der Waals surface area contributed by atoms with Gasteiger partial charge in [-0.25, -0.2) is 0 Å². The molecule has 0 spiro atoms. The van der Waals surface area contributed by atoms with E-state index >= 15 is 0 Å².